The summed E-state index contributed by atoms with van der Waals surface area (Å²) in [6.45, 7) is 0.315. The first-order chi connectivity index (χ1) is 12.1. The molecule has 2 aromatic heterocycles. The first-order valence-corrected chi connectivity index (χ1v) is 9.35. The SMILES string of the molecule is O=c1oc2cc(O)ccc2cc1-n1cc(CO[C@H](CS)[C@H]2CS2)nn1. The summed E-state index contributed by atoms with van der Waals surface area (Å²) < 4.78 is 12.4. The fraction of sp³-hybridized carbons (Fsp3) is 0.312. The Labute approximate surface area is 152 Å². The van der Waals surface area contributed by atoms with E-state index >= 15 is 0 Å². The fourth-order valence-electron chi connectivity index (χ4n) is 2.47. The topological polar surface area (TPSA) is 90.4 Å². The molecular formula is C16H15N3O4S2. The van der Waals surface area contributed by atoms with Crippen LogP contribution in [0, 0.1) is 0 Å². The molecule has 0 bridgehead atoms. The van der Waals surface area contributed by atoms with Crippen molar-refractivity contribution in [1.29, 1.82) is 0 Å². The number of aromatic hydroxyl groups is 1. The summed E-state index contributed by atoms with van der Waals surface area (Å²) in [6, 6.07) is 6.24. The molecule has 4 rings (SSSR count). The number of fused-ring (bicyclic) bond motifs is 1. The number of ether oxygens (including phenoxy) is 1. The second-order valence-corrected chi connectivity index (χ2v) is 7.34. The van der Waals surface area contributed by atoms with Crippen LogP contribution in [-0.4, -0.2) is 43.0 Å². The van der Waals surface area contributed by atoms with E-state index in [-0.39, 0.29) is 17.5 Å². The molecule has 3 heterocycles. The van der Waals surface area contributed by atoms with Gasteiger partial charge in [-0.3, -0.25) is 0 Å². The zero-order valence-electron chi connectivity index (χ0n) is 13.0. The lowest BCUT2D eigenvalue weighted by Gasteiger charge is -2.12. The lowest BCUT2D eigenvalue weighted by molar-refractivity contribution is 0.0604. The number of phenolic OH excluding ortho intramolecular Hbond substituents is 1. The molecule has 1 aromatic carbocycles. The van der Waals surface area contributed by atoms with Gasteiger partial charge >= 0.3 is 5.63 Å². The van der Waals surface area contributed by atoms with E-state index in [1.807, 2.05) is 11.8 Å². The van der Waals surface area contributed by atoms with Crippen molar-refractivity contribution in [3.63, 3.8) is 0 Å². The van der Waals surface area contributed by atoms with Crippen LogP contribution < -0.4 is 5.63 Å². The number of benzene rings is 1. The van der Waals surface area contributed by atoms with Gasteiger partial charge in [-0.1, -0.05) is 5.21 Å². The van der Waals surface area contributed by atoms with Crippen LogP contribution in [0.4, 0.5) is 0 Å². The average Bonchev–Trinajstić information content (AvgIpc) is 3.33. The van der Waals surface area contributed by atoms with Gasteiger partial charge in [0.25, 0.3) is 0 Å². The van der Waals surface area contributed by atoms with Crippen LogP contribution in [0.25, 0.3) is 16.7 Å². The van der Waals surface area contributed by atoms with Crippen LogP contribution in [0.5, 0.6) is 5.75 Å². The van der Waals surface area contributed by atoms with Crippen molar-refractivity contribution in [2.45, 2.75) is 18.0 Å². The minimum Gasteiger partial charge on any atom is -0.508 e. The Bertz CT molecular complexity index is 967. The molecule has 25 heavy (non-hydrogen) atoms. The zero-order chi connectivity index (χ0) is 17.4. The normalized spacial score (nSPS) is 17.7. The molecule has 130 valence electrons. The van der Waals surface area contributed by atoms with Crippen molar-refractivity contribution in [2.24, 2.45) is 0 Å². The lowest BCUT2D eigenvalue weighted by atomic mass is 10.2. The van der Waals surface area contributed by atoms with Crippen molar-refractivity contribution in [1.82, 2.24) is 15.0 Å². The maximum absolute atomic E-state index is 12.2. The number of thioether (sulfide) groups is 1. The van der Waals surface area contributed by atoms with Crippen LogP contribution in [0.15, 0.2) is 39.7 Å². The van der Waals surface area contributed by atoms with Gasteiger partial charge in [0.2, 0.25) is 0 Å². The van der Waals surface area contributed by atoms with Gasteiger partial charge in [-0.25, -0.2) is 9.48 Å². The largest absolute Gasteiger partial charge is 0.508 e. The van der Waals surface area contributed by atoms with Gasteiger partial charge in [0.05, 0.1) is 18.9 Å². The average molecular weight is 377 g/mol. The molecule has 0 amide bonds. The van der Waals surface area contributed by atoms with E-state index in [1.165, 1.54) is 16.8 Å². The van der Waals surface area contributed by atoms with E-state index in [4.69, 9.17) is 9.15 Å². The van der Waals surface area contributed by atoms with Crippen molar-refractivity contribution < 1.29 is 14.3 Å². The Hall–Kier alpha value is -1.97. The molecule has 9 heteroatoms. The zero-order valence-corrected chi connectivity index (χ0v) is 14.7. The number of hydrogen-bond donors (Lipinski definition) is 2. The molecule has 7 nitrogen and oxygen atoms in total. The minimum absolute atomic E-state index is 0.0381. The maximum Gasteiger partial charge on any atom is 0.362 e. The Morgan fingerprint density at radius 3 is 3.08 bits per heavy atom. The number of rotatable bonds is 6. The third-order valence-corrected chi connectivity index (χ3v) is 5.27. The Kier molecular flexibility index (Phi) is 4.45. The summed E-state index contributed by atoms with van der Waals surface area (Å²) in [5, 5.41) is 18.7. The van der Waals surface area contributed by atoms with Gasteiger partial charge < -0.3 is 14.3 Å². The molecule has 0 spiro atoms. The molecule has 1 fully saturated rings. The third kappa shape index (κ3) is 3.53. The fourth-order valence-corrected chi connectivity index (χ4v) is 3.69. The smallest absolute Gasteiger partial charge is 0.362 e. The first kappa shape index (κ1) is 16.5. The van der Waals surface area contributed by atoms with Gasteiger partial charge in [0.15, 0.2) is 5.69 Å². The van der Waals surface area contributed by atoms with Crippen molar-refractivity contribution in [3.8, 4) is 11.4 Å². The second kappa shape index (κ2) is 6.74. The first-order valence-electron chi connectivity index (χ1n) is 7.66. The second-order valence-electron chi connectivity index (χ2n) is 5.70. The molecule has 1 aliphatic rings. The van der Waals surface area contributed by atoms with Gasteiger partial charge in [-0.2, -0.15) is 24.4 Å². The molecule has 1 aliphatic heterocycles. The van der Waals surface area contributed by atoms with Gasteiger partial charge in [0, 0.05) is 28.2 Å². The highest BCUT2D eigenvalue weighted by Gasteiger charge is 2.32. The van der Waals surface area contributed by atoms with Crippen LogP contribution >= 0.6 is 24.4 Å². The molecule has 1 saturated heterocycles. The van der Waals surface area contributed by atoms with Crippen molar-refractivity contribution in [3.05, 3.63) is 46.6 Å². The summed E-state index contributed by atoms with van der Waals surface area (Å²) in [5.41, 5.74) is 0.636. The molecule has 0 unspecified atom stereocenters. The standard InChI is InChI=1S/C16H15N3O4S2/c20-11-2-1-9-3-12(16(21)23-13(9)4-11)19-5-10(17-18-19)6-22-14(7-24)15-8-25-15/h1-5,14-15,20,24H,6-8H2/t14-,15-/m1/s1. The lowest BCUT2D eigenvalue weighted by Crippen LogP contribution is -2.20. The molecular weight excluding hydrogens is 362 g/mol. The van der Waals surface area contributed by atoms with E-state index in [2.05, 4.69) is 22.9 Å². The third-order valence-electron chi connectivity index (χ3n) is 3.89. The summed E-state index contributed by atoms with van der Waals surface area (Å²) in [7, 11) is 0. The van der Waals surface area contributed by atoms with Crippen molar-refractivity contribution >= 4 is 35.4 Å². The van der Waals surface area contributed by atoms with Gasteiger partial charge in [-0.15, -0.1) is 5.10 Å². The molecule has 1 N–H and O–H groups in total. The quantitative estimate of drug-likeness (QED) is 0.386. The van der Waals surface area contributed by atoms with Gasteiger partial charge in [0.1, 0.15) is 17.0 Å². The highest BCUT2D eigenvalue weighted by atomic mass is 32.2. The van der Waals surface area contributed by atoms with Crippen LogP contribution in [0.3, 0.4) is 0 Å². The summed E-state index contributed by atoms with van der Waals surface area (Å²) in [6.07, 6.45) is 1.74. The van der Waals surface area contributed by atoms with E-state index in [0.29, 0.717) is 34.3 Å². The molecule has 2 atom stereocenters. The van der Waals surface area contributed by atoms with E-state index in [0.717, 1.165) is 5.75 Å². The van der Waals surface area contributed by atoms with E-state index in [9.17, 15) is 9.90 Å². The molecule has 3 aromatic rings. The molecule has 0 saturated carbocycles. The summed E-state index contributed by atoms with van der Waals surface area (Å²) in [4.78, 5) is 12.2. The summed E-state index contributed by atoms with van der Waals surface area (Å²) in [5.74, 6) is 1.80. The highest BCUT2D eigenvalue weighted by Crippen LogP contribution is 2.35. The number of phenols is 1. The Morgan fingerprint density at radius 1 is 1.48 bits per heavy atom. The number of thiol groups is 1. The number of aromatic nitrogens is 3. The minimum atomic E-state index is -0.557. The van der Waals surface area contributed by atoms with Gasteiger partial charge in [-0.05, 0) is 18.2 Å². The Balaban J connectivity index is 1.57. The predicted octanol–water partition coefficient (Wildman–Crippen LogP) is 2.01. The summed E-state index contributed by atoms with van der Waals surface area (Å²) >= 11 is 6.16. The maximum atomic E-state index is 12.2. The van der Waals surface area contributed by atoms with Crippen LogP contribution in [-0.2, 0) is 11.3 Å². The highest BCUT2D eigenvalue weighted by molar-refractivity contribution is 8.07. The van der Waals surface area contributed by atoms with Crippen LogP contribution in [0.2, 0.25) is 0 Å². The van der Waals surface area contributed by atoms with Crippen LogP contribution in [0.1, 0.15) is 5.69 Å². The van der Waals surface area contributed by atoms with E-state index in [1.54, 1.807) is 18.3 Å². The molecule has 0 aliphatic carbocycles. The predicted molar refractivity (Wildman–Crippen MR) is 97.7 cm³/mol. The monoisotopic (exact) mass is 377 g/mol. The number of hydrogen-bond acceptors (Lipinski definition) is 8. The number of nitrogens with zero attached hydrogens (tertiary/aromatic N) is 3. The molecule has 0 radical (unpaired) electrons. The van der Waals surface area contributed by atoms with E-state index < -0.39 is 5.63 Å². The Morgan fingerprint density at radius 2 is 2.32 bits per heavy atom. The van der Waals surface area contributed by atoms with Crippen molar-refractivity contribution in [2.75, 3.05) is 11.5 Å².